The van der Waals surface area contributed by atoms with Crippen molar-refractivity contribution in [2.24, 2.45) is 5.73 Å². The minimum Gasteiger partial charge on any atom is -0.339 e. The van der Waals surface area contributed by atoms with Crippen molar-refractivity contribution in [1.29, 1.82) is 0 Å². The molecule has 1 unspecified atom stereocenters. The maximum absolute atomic E-state index is 12.7. The van der Waals surface area contributed by atoms with Crippen molar-refractivity contribution in [1.82, 2.24) is 9.80 Å². The predicted octanol–water partition coefficient (Wildman–Crippen LogP) is 2.04. The highest BCUT2D eigenvalue weighted by Gasteiger charge is 2.38. The molecule has 0 saturated carbocycles. The van der Waals surface area contributed by atoms with Crippen LogP contribution in [0, 0.1) is 0 Å². The lowest BCUT2D eigenvalue weighted by molar-refractivity contribution is -0.134. The number of benzene rings is 1. The van der Waals surface area contributed by atoms with Gasteiger partial charge in [0.05, 0.1) is 0 Å². The van der Waals surface area contributed by atoms with Crippen molar-refractivity contribution in [3.8, 4) is 0 Å². The van der Waals surface area contributed by atoms with Gasteiger partial charge in [-0.25, -0.2) is 0 Å². The standard InChI is InChI=1S/C16H20BrN3O2.ClH/c17-12-5-3-11(4-6-12)15(21)20-8-1-2-14(20)16(22)19-9-7-13(18)10-19;/h3-6,13-14H,1-2,7-10,18H2;1H/t13-,14?;/m1./s1. The van der Waals surface area contributed by atoms with Crippen molar-refractivity contribution in [2.75, 3.05) is 19.6 Å². The van der Waals surface area contributed by atoms with Crippen LogP contribution in [0.5, 0.6) is 0 Å². The molecule has 7 heteroatoms. The summed E-state index contributed by atoms with van der Waals surface area (Å²) in [4.78, 5) is 28.9. The van der Waals surface area contributed by atoms with Gasteiger partial charge >= 0.3 is 0 Å². The molecule has 2 fully saturated rings. The number of likely N-dealkylation sites (tertiary alicyclic amines) is 2. The van der Waals surface area contributed by atoms with Crippen molar-refractivity contribution >= 4 is 40.2 Å². The zero-order valence-corrected chi connectivity index (χ0v) is 15.2. The quantitative estimate of drug-likeness (QED) is 0.823. The molecule has 2 heterocycles. The third kappa shape index (κ3) is 3.87. The zero-order chi connectivity index (χ0) is 15.7. The molecule has 0 aromatic heterocycles. The molecule has 2 amide bonds. The van der Waals surface area contributed by atoms with Gasteiger partial charge in [0, 0.05) is 35.7 Å². The summed E-state index contributed by atoms with van der Waals surface area (Å²) in [6.07, 6.45) is 2.46. The fraction of sp³-hybridized carbons (Fsp3) is 0.500. The smallest absolute Gasteiger partial charge is 0.254 e. The minimum atomic E-state index is -0.332. The Kier molecular flexibility index (Phi) is 6.06. The Bertz CT molecular complexity index is 581. The van der Waals surface area contributed by atoms with Crippen LogP contribution in [0.2, 0.25) is 0 Å². The molecule has 2 saturated heterocycles. The van der Waals surface area contributed by atoms with E-state index in [1.165, 1.54) is 0 Å². The van der Waals surface area contributed by atoms with Crippen LogP contribution in [-0.4, -0.2) is 53.3 Å². The lowest BCUT2D eigenvalue weighted by Crippen LogP contribution is -2.47. The zero-order valence-electron chi connectivity index (χ0n) is 12.8. The summed E-state index contributed by atoms with van der Waals surface area (Å²) in [7, 11) is 0. The van der Waals surface area contributed by atoms with Gasteiger partial charge in [-0.05, 0) is 43.5 Å². The molecule has 3 rings (SSSR count). The van der Waals surface area contributed by atoms with Gasteiger partial charge in [0.15, 0.2) is 0 Å². The topological polar surface area (TPSA) is 66.6 Å². The highest BCUT2D eigenvalue weighted by Crippen LogP contribution is 2.24. The molecular weight excluding hydrogens is 382 g/mol. The lowest BCUT2D eigenvalue weighted by Gasteiger charge is -2.28. The Morgan fingerprint density at radius 1 is 1.13 bits per heavy atom. The number of rotatable bonds is 2. The molecular formula is C16H21BrClN3O2. The number of halogens is 2. The predicted molar refractivity (Wildman–Crippen MR) is 94.6 cm³/mol. The second-order valence-corrected chi connectivity index (χ2v) is 6.91. The fourth-order valence-corrected chi connectivity index (χ4v) is 3.49. The third-order valence-corrected chi connectivity index (χ3v) is 4.95. The third-order valence-electron chi connectivity index (χ3n) is 4.43. The molecule has 1 aromatic carbocycles. The van der Waals surface area contributed by atoms with E-state index in [0.29, 0.717) is 25.2 Å². The van der Waals surface area contributed by atoms with Gasteiger partial charge in [0.25, 0.3) is 5.91 Å². The molecule has 2 aliphatic heterocycles. The Balaban J connectivity index is 0.00000192. The average Bonchev–Trinajstić information content (AvgIpc) is 3.15. The van der Waals surface area contributed by atoms with Crippen LogP contribution in [0.15, 0.2) is 28.7 Å². The molecule has 2 N–H and O–H groups in total. The fourth-order valence-electron chi connectivity index (χ4n) is 3.22. The van der Waals surface area contributed by atoms with E-state index >= 15 is 0 Å². The van der Waals surface area contributed by atoms with Gasteiger partial charge in [-0.3, -0.25) is 9.59 Å². The van der Waals surface area contributed by atoms with Crippen molar-refractivity contribution in [3.63, 3.8) is 0 Å². The number of amides is 2. The summed E-state index contributed by atoms with van der Waals surface area (Å²) in [5, 5.41) is 0. The van der Waals surface area contributed by atoms with Gasteiger partial charge < -0.3 is 15.5 Å². The maximum atomic E-state index is 12.7. The van der Waals surface area contributed by atoms with E-state index in [-0.39, 0.29) is 36.3 Å². The van der Waals surface area contributed by atoms with Gasteiger partial charge in [-0.1, -0.05) is 15.9 Å². The normalized spacial score (nSPS) is 23.7. The Labute approximate surface area is 150 Å². The van der Waals surface area contributed by atoms with Gasteiger partial charge in [0.1, 0.15) is 6.04 Å². The number of hydrogen-bond acceptors (Lipinski definition) is 3. The summed E-state index contributed by atoms with van der Waals surface area (Å²) in [5.74, 6) is -0.0113. The van der Waals surface area contributed by atoms with E-state index < -0.39 is 0 Å². The van der Waals surface area contributed by atoms with Crippen LogP contribution in [0.1, 0.15) is 29.6 Å². The highest BCUT2D eigenvalue weighted by molar-refractivity contribution is 9.10. The monoisotopic (exact) mass is 401 g/mol. The molecule has 2 aliphatic rings. The lowest BCUT2D eigenvalue weighted by atomic mass is 10.1. The molecule has 126 valence electrons. The molecule has 0 spiro atoms. The number of hydrogen-bond donors (Lipinski definition) is 1. The number of carbonyl (C=O) groups excluding carboxylic acids is 2. The van der Waals surface area contributed by atoms with E-state index in [1.54, 1.807) is 17.0 Å². The first-order valence-electron chi connectivity index (χ1n) is 7.67. The maximum Gasteiger partial charge on any atom is 0.254 e. The molecule has 0 aliphatic carbocycles. The molecule has 0 bridgehead atoms. The number of carbonyl (C=O) groups is 2. The van der Waals surface area contributed by atoms with Crippen LogP contribution in [0.25, 0.3) is 0 Å². The summed E-state index contributed by atoms with van der Waals surface area (Å²) < 4.78 is 0.934. The van der Waals surface area contributed by atoms with E-state index in [9.17, 15) is 9.59 Å². The van der Waals surface area contributed by atoms with E-state index in [4.69, 9.17) is 5.73 Å². The summed E-state index contributed by atoms with van der Waals surface area (Å²) >= 11 is 3.37. The first-order chi connectivity index (χ1) is 10.6. The first-order valence-corrected chi connectivity index (χ1v) is 8.46. The number of nitrogens with two attached hydrogens (primary N) is 1. The molecule has 0 radical (unpaired) electrons. The average molecular weight is 403 g/mol. The largest absolute Gasteiger partial charge is 0.339 e. The van der Waals surface area contributed by atoms with E-state index in [2.05, 4.69) is 15.9 Å². The van der Waals surface area contributed by atoms with Crippen LogP contribution >= 0.6 is 28.3 Å². The second kappa shape index (κ2) is 7.64. The van der Waals surface area contributed by atoms with Crippen molar-refractivity contribution in [3.05, 3.63) is 34.3 Å². The second-order valence-electron chi connectivity index (χ2n) is 6.00. The Hall–Kier alpha value is -1.11. The highest BCUT2D eigenvalue weighted by atomic mass is 79.9. The number of nitrogens with zero attached hydrogens (tertiary/aromatic N) is 2. The van der Waals surface area contributed by atoms with E-state index in [1.807, 2.05) is 17.0 Å². The van der Waals surface area contributed by atoms with Crippen LogP contribution in [0.4, 0.5) is 0 Å². The summed E-state index contributed by atoms with van der Waals surface area (Å²) in [5.41, 5.74) is 6.51. The first kappa shape index (κ1) is 18.2. The molecule has 23 heavy (non-hydrogen) atoms. The summed E-state index contributed by atoms with van der Waals surface area (Å²) in [6, 6.07) is 7.01. The van der Waals surface area contributed by atoms with Crippen LogP contribution in [-0.2, 0) is 4.79 Å². The Morgan fingerprint density at radius 3 is 2.43 bits per heavy atom. The van der Waals surface area contributed by atoms with E-state index in [0.717, 1.165) is 23.7 Å². The SMILES string of the molecule is Cl.N[C@@H]1CCN(C(=O)C2CCCN2C(=O)c2ccc(Br)cc2)C1. The summed E-state index contributed by atoms with van der Waals surface area (Å²) in [6.45, 7) is 1.96. The molecule has 5 nitrogen and oxygen atoms in total. The van der Waals surface area contributed by atoms with Crippen LogP contribution in [0.3, 0.4) is 0 Å². The minimum absolute atomic E-state index is 0. The van der Waals surface area contributed by atoms with Gasteiger partial charge in [0.2, 0.25) is 5.91 Å². The van der Waals surface area contributed by atoms with Gasteiger partial charge in [-0.2, -0.15) is 0 Å². The van der Waals surface area contributed by atoms with Gasteiger partial charge in [-0.15, -0.1) is 12.4 Å². The molecule has 2 atom stereocenters. The molecule has 1 aromatic rings. The van der Waals surface area contributed by atoms with Crippen molar-refractivity contribution < 1.29 is 9.59 Å². The Morgan fingerprint density at radius 2 is 1.83 bits per heavy atom. The van der Waals surface area contributed by atoms with Crippen LogP contribution < -0.4 is 5.73 Å². The van der Waals surface area contributed by atoms with Crippen molar-refractivity contribution in [2.45, 2.75) is 31.3 Å².